The van der Waals surface area contributed by atoms with Gasteiger partial charge in [-0.15, -0.1) is 5.10 Å². The monoisotopic (exact) mass is 291 g/mol. The molecule has 0 bridgehead atoms. The maximum atomic E-state index is 4.79. The first-order chi connectivity index (χ1) is 10.2. The van der Waals surface area contributed by atoms with Crippen LogP contribution in [0.1, 0.15) is 58.3 Å². The molecule has 0 aliphatic carbocycles. The highest BCUT2D eigenvalue weighted by atomic mass is 15.3. The zero-order chi connectivity index (χ0) is 15.2. The molecule has 1 saturated heterocycles. The van der Waals surface area contributed by atoms with Gasteiger partial charge in [-0.05, 0) is 32.1 Å². The fraction of sp³-hybridized carbons (Fsp3) is 0.812. The summed E-state index contributed by atoms with van der Waals surface area (Å²) in [7, 11) is 0. The van der Waals surface area contributed by atoms with Crippen LogP contribution in [0, 0.1) is 0 Å². The molecule has 0 radical (unpaired) electrons. The highest BCUT2D eigenvalue weighted by Crippen LogP contribution is 2.22. The van der Waals surface area contributed by atoms with Crippen molar-refractivity contribution in [1.29, 1.82) is 0 Å². The first-order valence-electron chi connectivity index (χ1n) is 8.38. The van der Waals surface area contributed by atoms with Gasteiger partial charge in [0, 0.05) is 25.2 Å². The van der Waals surface area contributed by atoms with Crippen LogP contribution >= 0.6 is 0 Å². The minimum Gasteiger partial charge on any atom is -0.335 e. The number of nitrogens with one attached hydrogen (secondary N) is 1. The normalized spacial score (nSPS) is 19.3. The molecular formula is C16H29N5. The lowest BCUT2D eigenvalue weighted by Crippen LogP contribution is -2.47. The second-order valence-corrected chi connectivity index (χ2v) is 6.12. The minimum atomic E-state index is 0.486. The first kappa shape index (κ1) is 16.1. The van der Waals surface area contributed by atoms with E-state index in [1.807, 2.05) is 0 Å². The summed E-state index contributed by atoms with van der Waals surface area (Å²) >= 11 is 0. The minimum absolute atomic E-state index is 0.486. The summed E-state index contributed by atoms with van der Waals surface area (Å²) in [6, 6.07) is 1.00. The Morgan fingerprint density at radius 3 is 2.57 bits per heavy atom. The third-order valence-corrected chi connectivity index (χ3v) is 4.14. The zero-order valence-electron chi connectivity index (χ0n) is 13.9. The first-order valence-corrected chi connectivity index (χ1v) is 8.38. The lowest BCUT2D eigenvalue weighted by Gasteiger charge is -2.36. The Labute approximate surface area is 128 Å². The summed E-state index contributed by atoms with van der Waals surface area (Å²) in [4.78, 5) is 7.14. The number of nitrogens with zero attached hydrogens (tertiary/aromatic N) is 4. The third-order valence-electron chi connectivity index (χ3n) is 4.14. The zero-order valence-corrected chi connectivity index (χ0v) is 13.9. The quantitative estimate of drug-likeness (QED) is 0.872. The molecule has 1 aliphatic heterocycles. The molecule has 21 heavy (non-hydrogen) atoms. The maximum absolute atomic E-state index is 4.79. The number of aryl methyl sites for hydroxylation is 2. The second-order valence-electron chi connectivity index (χ2n) is 6.12. The smallest absolute Gasteiger partial charge is 0.245 e. The van der Waals surface area contributed by atoms with E-state index >= 15 is 0 Å². The Balaban J connectivity index is 2.16. The van der Waals surface area contributed by atoms with Crippen molar-refractivity contribution in [3.05, 3.63) is 11.4 Å². The molecule has 1 N–H and O–H groups in total. The van der Waals surface area contributed by atoms with Gasteiger partial charge in [-0.1, -0.05) is 27.7 Å². The average molecular weight is 291 g/mol. The van der Waals surface area contributed by atoms with Crippen molar-refractivity contribution in [3.63, 3.8) is 0 Å². The van der Waals surface area contributed by atoms with Crippen molar-refractivity contribution in [1.82, 2.24) is 20.5 Å². The van der Waals surface area contributed by atoms with Crippen molar-refractivity contribution in [3.8, 4) is 0 Å². The van der Waals surface area contributed by atoms with Crippen LogP contribution in [0.5, 0.6) is 0 Å². The van der Waals surface area contributed by atoms with Crippen LogP contribution in [-0.2, 0) is 12.8 Å². The molecule has 1 fully saturated rings. The highest BCUT2D eigenvalue weighted by Gasteiger charge is 2.25. The van der Waals surface area contributed by atoms with Gasteiger partial charge < -0.3 is 10.2 Å². The largest absolute Gasteiger partial charge is 0.335 e. The van der Waals surface area contributed by atoms with E-state index < -0.39 is 0 Å². The number of hydrogen-bond acceptors (Lipinski definition) is 5. The summed E-state index contributed by atoms with van der Waals surface area (Å²) < 4.78 is 0. The van der Waals surface area contributed by atoms with Crippen LogP contribution in [0.4, 0.5) is 5.95 Å². The molecule has 0 spiro atoms. The number of piperidine rings is 1. The Morgan fingerprint density at radius 2 is 1.90 bits per heavy atom. The molecule has 1 aromatic rings. The van der Waals surface area contributed by atoms with Gasteiger partial charge in [0.2, 0.25) is 5.95 Å². The van der Waals surface area contributed by atoms with Gasteiger partial charge in [0.15, 0.2) is 0 Å². The third kappa shape index (κ3) is 4.13. The summed E-state index contributed by atoms with van der Waals surface area (Å²) in [5.74, 6) is 0.819. The molecule has 5 nitrogen and oxygen atoms in total. The molecule has 0 aromatic carbocycles. The second kappa shape index (κ2) is 7.69. The van der Waals surface area contributed by atoms with E-state index in [1.165, 1.54) is 19.3 Å². The van der Waals surface area contributed by atoms with Crippen molar-refractivity contribution in [2.75, 3.05) is 18.0 Å². The predicted molar refractivity (Wildman–Crippen MR) is 86.7 cm³/mol. The van der Waals surface area contributed by atoms with E-state index in [2.05, 4.69) is 48.1 Å². The van der Waals surface area contributed by atoms with Gasteiger partial charge in [0.05, 0.1) is 11.4 Å². The number of anilines is 1. The molecule has 0 amide bonds. The van der Waals surface area contributed by atoms with Crippen molar-refractivity contribution in [2.45, 2.75) is 71.9 Å². The van der Waals surface area contributed by atoms with Gasteiger partial charge >= 0.3 is 0 Å². The van der Waals surface area contributed by atoms with Crippen LogP contribution in [0.2, 0.25) is 0 Å². The van der Waals surface area contributed by atoms with E-state index in [0.717, 1.165) is 43.3 Å². The van der Waals surface area contributed by atoms with Gasteiger partial charge in [-0.2, -0.15) is 5.10 Å². The number of rotatable bonds is 6. The molecule has 1 atom stereocenters. The lowest BCUT2D eigenvalue weighted by atomic mass is 10.0. The van der Waals surface area contributed by atoms with Gasteiger partial charge in [0.1, 0.15) is 0 Å². The summed E-state index contributed by atoms with van der Waals surface area (Å²) in [5.41, 5.74) is 2.14. The van der Waals surface area contributed by atoms with E-state index in [0.29, 0.717) is 12.1 Å². The SMILES string of the molecule is CCc1nnc(N2CCCCC2CNC(C)C)nc1CC. The molecule has 2 heterocycles. The van der Waals surface area contributed by atoms with Gasteiger partial charge in [-0.3, -0.25) is 0 Å². The van der Waals surface area contributed by atoms with Gasteiger partial charge in [0.25, 0.3) is 0 Å². The topological polar surface area (TPSA) is 53.9 Å². The van der Waals surface area contributed by atoms with Crippen LogP contribution in [0.15, 0.2) is 0 Å². The molecule has 118 valence electrons. The number of hydrogen-bond donors (Lipinski definition) is 1. The summed E-state index contributed by atoms with van der Waals surface area (Å²) in [6.45, 7) is 10.7. The fourth-order valence-electron chi connectivity index (χ4n) is 2.90. The Bertz CT molecular complexity index is 446. The summed E-state index contributed by atoms with van der Waals surface area (Å²) in [6.07, 6.45) is 5.55. The maximum Gasteiger partial charge on any atom is 0.245 e. The highest BCUT2D eigenvalue weighted by molar-refractivity contribution is 5.33. The number of aromatic nitrogens is 3. The Hall–Kier alpha value is -1.23. The lowest BCUT2D eigenvalue weighted by molar-refractivity contribution is 0.414. The van der Waals surface area contributed by atoms with Crippen LogP contribution < -0.4 is 10.2 Å². The fourth-order valence-corrected chi connectivity index (χ4v) is 2.90. The Morgan fingerprint density at radius 1 is 1.14 bits per heavy atom. The van der Waals surface area contributed by atoms with E-state index in [4.69, 9.17) is 4.98 Å². The van der Waals surface area contributed by atoms with E-state index in [9.17, 15) is 0 Å². The van der Waals surface area contributed by atoms with Crippen molar-refractivity contribution < 1.29 is 0 Å². The molecule has 1 aliphatic rings. The molecule has 2 rings (SSSR count). The van der Waals surface area contributed by atoms with Crippen LogP contribution in [0.25, 0.3) is 0 Å². The van der Waals surface area contributed by atoms with Crippen LogP contribution in [-0.4, -0.2) is 40.4 Å². The molecular weight excluding hydrogens is 262 g/mol. The molecule has 1 unspecified atom stereocenters. The average Bonchev–Trinajstić information content (AvgIpc) is 2.52. The van der Waals surface area contributed by atoms with E-state index in [-0.39, 0.29) is 0 Å². The van der Waals surface area contributed by atoms with Crippen molar-refractivity contribution in [2.24, 2.45) is 0 Å². The Kier molecular flexibility index (Phi) is 5.91. The summed E-state index contributed by atoms with van der Waals surface area (Å²) in [5, 5.41) is 12.3. The van der Waals surface area contributed by atoms with Gasteiger partial charge in [-0.25, -0.2) is 4.98 Å². The molecule has 5 heteroatoms. The standard InChI is InChI=1S/C16H29N5/c1-5-14-15(6-2)19-20-16(18-14)21-10-8-7-9-13(21)11-17-12(3)4/h12-13,17H,5-11H2,1-4H3. The van der Waals surface area contributed by atoms with E-state index in [1.54, 1.807) is 0 Å². The predicted octanol–water partition coefficient (Wildman–Crippen LogP) is 2.35. The van der Waals surface area contributed by atoms with Crippen molar-refractivity contribution >= 4 is 5.95 Å². The van der Waals surface area contributed by atoms with Crippen LogP contribution in [0.3, 0.4) is 0 Å². The molecule has 0 saturated carbocycles. The molecule has 1 aromatic heterocycles.